The molecule has 184 valence electrons. The Morgan fingerprint density at radius 3 is 1.75 bits per heavy atom. The number of benzene rings is 1. The lowest BCUT2D eigenvalue weighted by Gasteiger charge is -2.26. The minimum atomic E-state index is -4.16. The molecule has 1 fully saturated rings. The molecule has 0 amide bonds. The molecular weight excluding hydrogens is 416 g/mol. The van der Waals surface area contributed by atoms with Crippen molar-refractivity contribution < 1.29 is 13.0 Å². The SMILES string of the molecule is CCCCCCCCCCCCCCCCc1cccc(S(=O)(=O)O)c1C1CCCCC1. The molecule has 3 nitrogen and oxygen atoms in total. The van der Waals surface area contributed by atoms with E-state index in [2.05, 4.69) is 13.0 Å². The lowest BCUT2D eigenvalue weighted by Crippen LogP contribution is -2.13. The molecule has 0 saturated heterocycles. The molecule has 0 radical (unpaired) electrons. The van der Waals surface area contributed by atoms with E-state index in [0.717, 1.165) is 49.7 Å². The average Bonchev–Trinajstić information content (AvgIpc) is 2.79. The van der Waals surface area contributed by atoms with Crippen molar-refractivity contribution in [3.8, 4) is 0 Å². The molecule has 1 aromatic rings. The van der Waals surface area contributed by atoms with Crippen LogP contribution in [0.15, 0.2) is 23.1 Å². The molecule has 0 spiro atoms. The van der Waals surface area contributed by atoms with E-state index in [-0.39, 0.29) is 10.8 Å². The van der Waals surface area contributed by atoms with Crippen molar-refractivity contribution in [2.45, 2.75) is 146 Å². The van der Waals surface area contributed by atoms with E-state index in [9.17, 15) is 13.0 Å². The highest BCUT2D eigenvalue weighted by Gasteiger charge is 2.26. The van der Waals surface area contributed by atoms with Crippen LogP contribution in [0.2, 0.25) is 0 Å². The van der Waals surface area contributed by atoms with Crippen molar-refractivity contribution in [3.63, 3.8) is 0 Å². The third kappa shape index (κ3) is 10.4. The number of rotatable bonds is 17. The molecule has 1 aliphatic carbocycles. The Morgan fingerprint density at radius 1 is 0.750 bits per heavy atom. The largest absolute Gasteiger partial charge is 0.294 e. The van der Waals surface area contributed by atoms with Gasteiger partial charge in [0.2, 0.25) is 0 Å². The molecule has 0 atom stereocenters. The molecule has 2 rings (SSSR count). The fourth-order valence-corrected chi connectivity index (χ4v) is 6.22. The van der Waals surface area contributed by atoms with Crippen LogP contribution in [0.3, 0.4) is 0 Å². The third-order valence-electron chi connectivity index (χ3n) is 7.25. The second kappa shape index (κ2) is 15.9. The number of unbranched alkanes of at least 4 members (excludes halogenated alkanes) is 13. The summed E-state index contributed by atoms with van der Waals surface area (Å²) >= 11 is 0. The monoisotopic (exact) mass is 464 g/mol. The van der Waals surface area contributed by atoms with E-state index in [1.807, 2.05) is 0 Å². The molecule has 1 aromatic carbocycles. The van der Waals surface area contributed by atoms with Gasteiger partial charge in [-0.1, -0.05) is 122 Å². The maximum Gasteiger partial charge on any atom is 0.294 e. The Kier molecular flexibility index (Phi) is 13.6. The number of aryl methyl sites for hydroxylation is 1. The van der Waals surface area contributed by atoms with Gasteiger partial charge < -0.3 is 0 Å². The molecule has 32 heavy (non-hydrogen) atoms. The molecule has 4 heteroatoms. The predicted molar refractivity (Wildman–Crippen MR) is 136 cm³/mol. The first kappa shape index (κ1) is 27.4. The zero-order chi connectivity index (χ0) is 23.1. The van der Waals surface area contributed by atoms with Crippen LogP contribution in [0, 0.1) is 0 Å². The second-order valence-corrected chi connectivity index (χ2v) is 11.4. The van der Waals surface area contributed by atoms with Gasteiger partial charge in [0.25, 0.3) is 10.1 Å². The Morgan fingerprint density at radius 2 is 1.25 bits per heavy atom. The topological polar surface area (TPSA) is 54.4 Å². The van der Waals surface area contributed by atoms with Crippen LogP contribution in [0.25, 0.3) is 0 Å². The van der Waals surface area contributed by atoms with Crippen LogP contribution in [-0.2, 0) is 16.5 Å². The van der Waals surface area contributed by atoms with Crippen molar-refractivity contribution in [2.75, 3.05) is 0 Å². The maximum atomic E-state index is 12.0. The van der Waals surface area contributed by atoms with E-state index in [0.29, 0.717) is 0 Å². The lowest BCUT2D eigenvalue weighted by molar-refractivity contribution is 0.431. The van der Waals surface area contributed by atoms with Crippen molar-refractivity contribution in [1.82, 2.24) is 0 Å². The quantitative estimate of drug-likeness (QED) is 0.185. The number of hydrogen-bond donors (Lipinski definition) is 1. The Hall–Kier alpha value is -0.870. The second-order valence-electron chi connectivity index (χ2n) is 9.99. The highest BCUT2D eigenvalue weighted by atomic mass is 32.2. The average molecular weight is 465 g/mol. The Balaban J connectivity index is 1.66. The first-order valence-corrected chi connectivity index (χ1v) is 15.1. The van der Waals surface area contributed by atoms with Gasteiger partial charge in [-0.05, 0) is 48.8 Å². The van der Waals surface area contributed by atoms with E-state index >= 15 is 0 Å². The summed E-state index contributed by atoms with van der Waals surface area (Å²) in [5.41, 5.74) is 2.07. The molecule has 0 aliphatic heterocycles. The van der Waals surface area contributed by atoms with Gasteiger partial charge in [-0.3, -0.25) is 4.55 Å². The predicted octanol–water partition coefficient (Wildman–Crippen LogP) is 9.00. The Bertz CT molecular complexity index is 720. The summed E-state index contributed by atoms with van der Waals surface area (Å²) in [6.45, 7) is 2.27. The van der Waals surface area contributed by atoms with Gasteiger partial charge >= 0.3 is 0 Å². The van der Waals surface area contributed by atoms with Crippen LogP contribution >= 0.6 is 0 Å². The number of hydrogen-bond acceptors (Lipinski definition) is 2. The highest BCUT2D eigenvalue weighted by Crippen LogP contribution is 2.38. The zero-order valence-electron chi connectivity index (χ0n) is 20.6. The molecular formula is C28H48O3S. The van der Waals surface area contributed by atoms with Gasteiger partial charge in [-0.2, -0.15) is 8.42 Å². The first-order chi connectivity index (χ1) is 15.5. The van der Waals surface area contributed by atoms with E-state index in [4.69, 9.17) is 0 Å². The maximum absolute atomic E-state index is 12.0. The Labute approximate surface area is 198 Å². The van der Waals surface area contributed by atoms with Crippen LogP contribution in [0.1, 0.15) is 146 Å². The molecule has 0 unspecified atom stereocenters. The summed E-state index contributed by atoms with van der Waals surface area (Å²) in [5.74, 6) is 0.281. The standard InChI is InChI=1S/C28H48O3S/c1-2-3-4-5-6-7-8-9-10-11-12-13-14-16-20-26-23-19-24-27(32(29,30)31)28(26)25-21-17-15-18-22-25/h19,23-25H,2-18,20-22H2,1H3,(H,29,30,31). The van der Waals surface area contributed by atoms with Gasteiger partial charge in [0.05, 0.1) is 4.90 Å². The van der Waals surface area contributed by atoms with Crippen LogP contribution < -0.4 is 0 Å². The van der Waals surface area contributed by atoms with Crippen LogP contribution in [0.4, 0.5) is 0 Å². The molecule has 0 bridgehead atoms. The summed E-state index contributed by atoms with van der Waals surface area (Å²) in [6.07, 6.45) is 25.4. The lowest BCUT2D eigenvalue weighted by atomic mass is 9.81. The first-order valence-electron chi connectivity index (χ1n) is 13.6. The van der Waals surface area contributed by atoms with Crippen LogP contribution in [0.5, 0.6) is 0 Å². The van der Waals surface area contributed by atoms with Gasteiger partial charge in [0.1, 0.15) is 0 Å². The molecule has 0 heterocycles. The zero-order valence-corrected chi connectivity index (χ0v) is 21.4. The summed E-state index contributed by atoms with van der Waals surface area (Å²) < 4.78 is 33.8. The highest BCUT2D eigenvalue weighted by molar-refractivity contribution is 7.85. The van der Waals surface area contributed by atoms with Crippen molar-refractivity contribution in [1.29, 1.82) is 0 Å². The van der Waals surface area contributed by atoms with Crippen molar-refractivity contribution >= 4 is 10.1 Å². The minimum absolute atomic E-state index is 0.160. The minimum Gasteiger partial charge on any atom is -0.282 e. The summed E-state index contributed by atoms with van der Waals surface area (Å²) in [6, 6.07) is 5.48. The van der Waals surface area contributed by atoms with E-state index < -0.39 is 10.1 Å². The summed E-state index contributed by atoms with van der Waals surface area (Å²) in [5, 5.41) is 0. The molecule has 1 aliphatic rings. The van der Waals surface area contributed by atoms with E-state index in [1.165, 1.54) is 89.9 Å². The summed E-state index contributed by atoms with van der Waals surface area (Å²) in [7, 11) is -4.16. The normalized spacial score (nSPS) is 15.3. The molecule has 0 aromatic heterocycles. The van der Waals surface area contributed by atoms with Gasteiger partial charge in [-0.25, -0.2) is 0 Å². The van der Waals surface area contributed by atoms with Gasteiger partial charge in [0, 0.05) is 0 Å². The van der Waals surface area contributed by atoms with Crippen LogP contribution in [-0.4, -0.2) is 13.0 Å². The summed E-state index contributed by atoms with van der Waals surface area (Å²) in [4.78, 5) is 0.160. The third-order valence-corrected chi connectivity index (χ3v) is 8.16. The van der Waals surface area contributed by atoms with Crippen molar-refractivity contribution in [3.05, 3.63) is 29.3 Å². The smallest absolute Gasteiger partial charge is 0.282 e. The van der Waals surface area contributed by atoms with Crippen molar-refractivity contribution in [2.24, 2.45) is 0 Å². The van der Waals surface area contributed by atoms with Gasteiger partial charge in [-0.15, -0.1) is 0 Å². The fourth-order valence-electron chi connectivity index (χ4n) is 5.40. The van der Waals surface area contributed by atoms with E-state index in [1.54, 1.807) is 12.1 Å². The molecule has 1 N–H and O–H groups in total. The van der Waals surface area contributed by atoms with Gasteiger partial charge in [0.15, 0.2) is 0 Å². The fraction of sp³-hybridized carbons (Fsp3) is 0.786. The molecule has 1 saturated carbocycles.